The molecule has 1 N–H and O–H groups in total. The molecule has 1 amide bonds. The highest BCUT2D eigenvalue weighted by Crippen LogP contribution is 2.34. The molecular weight excluding hydrogens is 240 g/mol. The van der Waals surface area contributed by atoms with Gasteiger partial charge >= 0.3 is 6.09 Å². The van der Waals surface area contributed by atoms with Gasteiger partial charge in [0.2, 0.25) is 0 Å². The zero-order chi connectivity index (χ0) is 13.0. The molecular formula is C13H15F2NO2. The molecule has 5 heteroatoms. The van der Waals surface area contributed by atoms with E-state index in [-0.39, 0.29) is 13.0 Å². The minimum atomic E-state index is -2.81. The van der Waals surface area contributed by atoms with Crippen molar-refractivity contribution in [2.45, 2.75) is 37.8 Å². The van der Waals surface area contributed by atoms with Crippen LogP contribution in [0, 0.1) is 0 Å². The Morgan fingerprint density at radius 2 is 2.11 bits per heavy atom. The van der Waals surface area contributed by atoms with Crippen LogP contribution in [0.3, 0.4) is 0 Å². The summed E-state index contributed by atoms with van der Waals surface area (Å²) in [6.45, 7) is 0.0883. The van der Waals surface area contributed by atoms with Gasteiger partial charge in [0.15, 0.2) is 0 Å². The Kier molecular flexibility index (Phi) is 3.79. The first-order chi connectivity index (χ1) is 8.58. The van der Waals surface area contributed by atoms with E-state index < -0.39 is 18.1 Å². The van der Waals surface area contributed by atoms with Gasteiger partial charge in [0.05, 0.1) is 6.04 Å². The van der Waals surface area contributed by atoms with Crippen molar-refractivity contribution < 1.29 is 18.3 Å². The van der Waals surface area contributed by atoms with Gasteiger partial charge in [-0.15, -0.1) is 0 Å². The zero-order valence-electron chi connectivity index (χ0n) is 9.86. The van der Waals surface area contributed by atoms with E-state index in [0.29, 0.717) is 12.8 Å². The van der Waals surface area contributed by atoms with Crippen LogP contribution in [0.25, 0.3) is 0 Å². The van der Waals surface area contributed by atoms with E-state index in [2.05, 4.69) is 5.32 Å². The number of rotatable bonds is 3. The lowest BCUT2D eigenvalue weighted by atomic mass is 10.2. The van der Waals surface area contributed by atoms with Gasteiger partial charge in [0, 0.05) is 6.42 Å². The second kappa shape index (κ2) is 5.33. The summed E-state index contributed by atoms with van der Waals surface area (Å²) >= 11 is 0. The van der Waals surface area contributed by atoms with E-state index in [4.69, 9.17) is 4.74 Å². The standard InChI is InChI=1S/C13H15F2NO2/c14-13(15)8-4-7-11(13)16-12(17)18-9-10-5-2-1-3-6-10/h1-3,5-6,11H,4,7-9H2,(H,16,17). The minimum Gasteiger partial charge on any atom is -0.445 e. The number of carbonyl (C=O) groups is 1. The van der Waals surface area contributed by atoms with Gasteiger partial charge in [-0.05, 0) is 18.4 Å². The van der Waals surface area contributed by atoms with Crippen molar-refractivity contribution in [1.29, 1.82) is 0 Å². The first-order valence-corrected chi connectivity index (χ1v) is 5.93. The molecule has 0 aromatic heterocycles. The largest absolute Gasteiger partial charge is 0.445 e. The Labute approximate surface area is 104 Å². The average Bonchev–Trinajstić information content (AvgIpc) is 2.68. The smallest absolute Gasteiger partial charge is 0.407 e. The third-order valence-corrected chi connectivity index (χ3v) is 3.02. The molecule has 18 heavy (non-hydrogen) atoms. The molecule has 1 aliphatic carbocycles. The van der Waals surface area contributed by atoms with Crippen molar-refractivity contribution in [2.24, 2.45) is 0 Å². The number of alkyl carbamates (subject to hydrolysis) is 1. The Hall–Kier alpha value is -1.65. The summed E-state index contributed by atoms with van der Waals surface area (Å²) in [4.78, 5) is 11.4. The van der Waals surface area contributed by atoms with Crippen LogP contribution >= 0.6 is 0 Å². The molecule has 0 heterocycles. The average molecular weight is 255 g/mol. The SMILES string of the molecule is O=C(NC1CCCC1(F)F)OCc1ccccc1. The van der Waals surface area contributed by atoms with Crippen LogP contribution in [0.4, 0.5) is 13.6 Å². The van der Waals surface area contributed by atoms with Crippen LogP contribution in [-0.2, 0) is 11.3 Å². The van der Waals surface area contributed by atoms with E-state index >= 15 is 0 Å². The molecule has 0 aliphatic heterocycles. The lowest BCUT2D eigenvalue weighted by Gasteiger charge is -2.19. The fraction of sp³-hybridized carbons (Fsp3) is 0.462. The minimum absolute atomic E-state index is 0.0883. The van der Waals surface area contributed by atoms with E-state index in [9.17, 15) is 13.6 Å². The van der Waals surface area contributed by atoms with Gasteiger partial charge in [-0.1, -0.05) is 30.3 Å². The molecule has 1 aromatic carbocycles. The molecule has 1 aliphatic rings. The van der Waals surface area contributed by atoms with Crippen LogP contribution in [-0.4, -0.2) is 18.1 Å². The number of amides is 1. The first-order valence-electron chi connectivity index (χ1n) is 5.93. The summed E-state index contributed by atoms with van der Waals surface area (Å²) in [5.41, 5.74) is 0.825. The third-order valence-electron chi connectivity index (χ3n) is 3.02. The van der Waals surface area contributed by atoms with Crippen LogP contribution in [0.1, 0.15) is 24.8 Å². The summed E-state index contributed by atoms with van der Waals surface area (Å²) in [6, 6.07) is 8.00. The molecule has 1 atom stereocenters. The lowest BCUT2D eigenvalue weighted by Crippen LogP contribution is -2.44. The summed E-state index contributed by atoms with van der Waals surface area (Å²) in [6.07, 6.45) is -0.230. The molecule has 0 spiro atoms. The fourth-order valence-electron chi connectivity index (χ4n) is 2.01. The summed E-state index contributed by atoms with van der Waals surface area (Å²) in [7, 11) is 0. The van der Waals surface area contributed by atoms with E-state index in [1.807, 2.05) is 18.2 Å². The fourth-order valence-corrected chi connectivity index (χ4v) is 2.01. The Morgan fingerprint density at radius 3 is 2.72 bits per heavy atom. The van der Waals surface area contributed by atoms with Gasteiger partial charge in [-0.3, -0.25) is 0 Å². The van der Waals surface area contributed by atoms with Gasteiger partial charge in [-0.25, -0.2) is 13.6 Å². The summed E-state index contributed by atoms with van der Waals surface area (Å²) < 4.78 is 31.4. The second-order valence-electron chi connectivity index (χ2n) is 4.41. The maximum Gasteiger partial charge on any atom is 0.407 e. The van der Waals surface area contributed by atoms with E-state index in [1.165, 1.54) is 0 Å². The highest BCUT2D eigenvalue weighted by Gasteiger charge is 2.44. The topological polar surface area (TPSA) is 38.3 Å². The summed E-state index contributed by atoms with van der Waals surface area (Å²) in [5.74, 6) is -2.81. The van der Waals surface area contributed by atoms with Crippen LogP contribution in [0.5, 0.6) is 0 Å². The Morgan fingerprint density at radius 1 is 1.39 bits per heavy atom. The molecule has 0 bridgehead atoms. The second-order valence-corrected chi connectivity index (χ2v) is 4.41. The lowest BCUT2D eigenvalue weighted by molar-refractivity contribution is -0.0181. The normalized spacial score (nSPS) is 21.6. The van der Waals surface area contributed by atoms with Crippen molar-refractivity contribution in [1.82, 2.24) is 5.32 Å². The van der Waals surface area contributed by atoms with Crippen molar-refractivity contribution in [3.05, 3.63) is 35.9 Å². The van der Waals surface area contributed by atoms with Crippen LogP contribution in [0.15, 0.2) is 30.3 Å². The maximum atomic E-state index is 13.3. The van der Waals surface area contributed by atoms with Crippen LogP contribution in [0.2, 0.25) is 0 Å². The summed E-state index contributed by atoms with van der Waals surface area (Å²) in [5, 5.41) is 2.23. The predicted octanol–water partition coefficient (Wildman–Crippen LogP) is 3.10. The highest BCUT2D eigenvalue weighted by atomic mass is 19.3. The number of alkyl halides is 2. The molecule has 0 saturated heterocycles. The molecule has 98 valence electrons. The molecule has 3 nitrogen and oxygen atoms in total. The monoisotopic (exact) mass is 255 g/mol. The predicted molar refractivity (Wildman–Crippen MR) is 62.3 cm³/mol. The van der Waals surface area contributed by atoms with Gasteiger partial charge < -0.3 is 10.1 Å². The number of halogens is 2. The first kappa shape index (κ1) is 12.8. The zero-order valence-corrected chi connectivity index (χ0v) is 9.86. The van der Waals surface area contributed by atoms with Crippen LogP contribution < -0.4 is 5.32 Å². The Balaban J connectivity index is 1.79. The van der Waals surface area contributed by atoms with E-state index in [1.54, 1.807) is 12.1 Å². The molecule has 0 radical (unpaired) electrons. The number of hydrogen-bond acceptors (Lipinski definition) is 2. The highest BCUT2D eigenvalue weighted by molar-refractivity contribution is 5.67. The number of benzene rings is 1. The quantitative estimate of drug-likeness (QED) is 0.901. The molecule has 2 rings (SSSR count). The molecule has 1 unspecified atom stereocenters. The maximum absolute atomic E-state index is 13.3. The van der Waals surface area contributed by atoms with Crippen molar-refractivity contribution >= 4 is 6.09 Å². The Bertz CT molecular complexity index is 409. The van der Waals surface area contributed by atoms with Gasteiger partial charge in [0.25, 0.3) is 5.92 Å². The molecule has 1 fully saturated rings. The molecule has 1 saturated carbocycles. The third kappa shape index (κ3) is 3.18. The number of ether oxygens (including phenoxy) is 1. The molecule has 1 aromatic rings. The number of hydrogen-bond donors (Lipinski definition) is 1. The van der Waals surface area contributed by atoms with Crippen molar-refractivity contribution in [2.75, 3.05) is 0 Å². The number of carbonyl (C=O) groups excluding carboxylic acids is 1. The van der Waals surface area contributed by atoms with Crippen molar-refractivity contribution in [3.8, 4) is 0 Å². The number of nitrogens with one attached hydrogen (secondary N) is 1. The van der Waals surface area contributed by atoms with Gasteiger partial charge in [-0.2, -0.15) is 0 Å². The van der Waals surface area contributed by atoms with Crippen molar-refractivity contribution in [3.63, 3.8) is 0 Å². The van der Waals surface area contributed by atoms with Gasteiger partial charge in [0.1, 0.15) is 6.61 Å². The van der Waals surface area contributed by atoms with E-state index in [0.717, 1.165) is 5.56 Å².